The van der Waals surface area contributed by atoms with Gasteiger partial charge in [-0.1, -0.05) is 0 Å². The molecular weight excluding hydrogens is 290 g/mol. The molecule has 0 atom stereocenters. The summed E-state index contributed by atoms with van der Waals surface area (Å²) in [6.45, 7) is 1.89. The summed E-state index contributed by atoms with van der Waals surface area (Å²) in [4.78, 5) is 10.8. The second-order valence-electron chi connectivity index (χ2n) is 5.53. The van der Waals surface area contributed by atoms with Gasteiger partial charge in [0.2, 0.25) is 0 Å². The maximum Gasteiger partial charge on any atom is 0.352 e. The fourth-order valence-electron chi connectivity index (χ4n) is 2.91. The fraction of sp³-hybridized carbons (Fsp3) is 0.786. The van der Waals surface area contributed by atoms with Crippen molar-refractivity contribution in [2.24, 2.45) is 0 Å². The molecule has 124 valence electrons. The Morgan fingerprint density at radius 2 is 2.09 bits per heavy atom. The quantitative estimate of drug-likeness (QED) is 0.469. The van der Waals surface area contributed by atoms with E-state index in [4.69, 9.17) is 14.6 Å². The van der Waals surface area contributed by atoms with Crippen LogP contribution in [-0.4, -0.2) is 46.2 Å². The molecule has 8 heteroatoms. The standard InChI is InChI=1S/C14H23N3O5/c1-10-13(17(19)20)14(22-9-3-8-18)15-16(10)11-4-6-12(21-2)7-5-11/h11-12,18H,3-9H2,1-2H3/t11-,12-. The molecule has 0 radical (unpaired) electrons. The Kier molecular flexibility index (Phi) is 5.73. The number of aromatic nitrogens is 2. The Bertz CT molecular complexity index is 509. The third-order valence-corrected chi connectivity index (χ3v) is 4.13. The van der Waals surface area contributed by atoms with Gasteiger partial charge in [0.1, 0.15) is 5.69 Å². The van der Waals surface area contributed by atoms with Gasteiger partial charge >= 0.3 is 11.6 Å². The second kappa shape index (κ2) is 7.55. The summed E-state index contributed by atoms with van der Waals surface area (Å²) >= 11 is 0. The van der Waals surface area contributed by atoms with Crippen molar-refractivity contribution in [3.05, 3.63) is 15.8 Å². The molecule has 1 aliphatic carbocycles. The van der Waals surface area contributed by atoms with Crippen LogP contribution in [0.5, 0.6) is 5.88 Å². The first kappa shape index (κ1) is 16.7. The summed E-state index contributed by atoms with van der Waals surface area (Å²) in [6, 6.07) is 0.139. The Morgan fingerprint density at radius 1 is 1.41 bits per heavy atom. The lowest BCUT2D eigenvalue weighted by Gasteiger charge is -2.28. The molecule has 0 aliphatic heterocycles. The molecule has 1 fully saturated rings. The van der Waals surface area contributed by atoms with Crippen LogP contribution in [0.25, 0.3) is 0 Å². The van der Waals surface area contributed by atoms with Gasteiger partial charge in [0.05, 0.1) is 23.7 Å². The molecule has 1 saturated carbocycles. The van der Waals surface area contributed by atoms with E-state index in [0.29, 0.717) is 12.1 Å². The molecule has 22 heavy (non-hydrogen) atoms. The maximum absolute atomic E-state index is 11.3. The van der Waals surface area contributed by atoms with Gasteiger partial charge in [-0.05, 0) is 32.6 Å². The number of nitrogens with zero attached hydrogens (tertiary/aromatic N) is 3. The Balaban J connectivity index is 2.17. The lowest BCUT2D eigenvalue weighted by atomic mass is 9.93. The van der Waals surface area contributed by atoms with E-state index in [9.17, 15) is 10.1 Å². The van der Waals surface area contributed by atoms with E-state index in [1.807, 2.05) is 0 Å². The zero-order chi connectivity index (χ0) is 16.1. The number of rotatable bonds is 7. The van der Waals surface area contributed by atoms with Gasteiger partial charge in [0.25, 0.3) is 0 Å². The van der Waals surface area contributed by atoms with E-state index in [1.165, 1.54) is 0 Å². The van der Waals surface area contributed by atoms with Crippen molar-refractivity contribution in [1.29, 1.82) is 0 Å². The first-order valence-electron chi connectivity index (χ1n) is 7.58. The van der Waals surface area contributed by atoms with Gasteiger partial charge in [-0.25, -0.2) is 0 Å². The van der Waals surface area contributed by atoms with E-state index >= 15 is 0 Å². The van der Waals surface area contributed by atoms with Crippen LogP contribution in [0.4, 0.5) is 5.69 Å². The van der Waals surface area contributed by atoms with Crippen molar-refractivity contribution in [2.75, 3.05) is 20.3 Å². The maximum atomic E-state index is 11.3. The number of aliphatic hydroxyl groups excluding tert-OH is 1. The number of methoxy groups -OCH3 is 1. The fourth-order valence-corrected chi connectivity index (χ4v) is 2.91. The van der Waals surface area contributed by atoms with Gasteiger partial charge in [-0.15, -0.1) is 5.10 Å². The van der Waals surface area contributed by atoms with Gasteiger partial charge in [0, 0.05) is 20.1 Å². The second-order valence-corrected chi connectivity index (χ2v) is 5.53. The predicted molar refractivity (Wildman–Crippen MR) is 79.1 cm³/mol. The van der Waals surface area contributed by atoms with Gasteiger partial charge in [-0.2, -0.15) is 0 Å². The molecule has 8 nitrogen and oxygen atoms in total. The first-order chi connectivity index (χ1) is 10.6. The molecule has 0 bridgehead atoms. The SMILES string of the molecule is CO[C@H]1CC[C@H](n2nc(OCCCO)c([N+](=O)[O-])c2C)CC1. The Labute approximate surface area is 129 Å². The minimum atomic E-state index is -0.450. The lowest BCUT2D eigenvalue weighted by Crippen LogP contribution is -2.24. The molecule has 0 unspecified atom stereocenters. The van der Waals surface area contributed by atoms with Crippen LogP contribution in [0.15, 0.2) is 0 Å². The van der Waals surface area contributed by atoms with E-state index in [1.54, 1.807) is 18.7 Å². The number of aliphatic hydroxyl groups is 1. The first-order valence-corrected chi connectivity index (χ1v) is 7.58. The smallest absolute Gasteiger partial charge is 0.352 e. The highest BCUT2D eigenvalue weighted by atomic mass is 16.6. The summed E-state index contributed by atoms with van der Waals surface area (Å²) < 4.78 is 12.4. The summed E-state index contributed by atoms with van der Waals surface area (Å²) in [5.41, 5.74) is 0.441. The summed E-state index contributed by atoms with van der Waals surface area (Å²) in [5, 5.41) is 24.4. The van der Waals surface area contributed by atoms with Crippen molar-refractivity contribution in [3.63, 3.8) is 0 Å². The van der Waals surface area contributed by atoms with Crippen LogP contribution >= 0.6 is 0 Å². The minimum Gasteiger partial charge on any atom is -0.472 e. The van der Waals surface area contributed by atoms with Crippen molar-refractivity contribution in [3.8, 4) is 5.88 Å². The van der Waals surface area contributed by atoms with Crippen LogP contribution in [0.3, 0.4) is 0 Å². The Hall–Kier alpha value is -1.67. The predicted octanol–water partition coefficient (Wildman–Crippen LogP) is 1.99. The summed E-state index contributed by atoms with van der Waals surface area (Å²) in [6.07, 6.45) is 4.30. The molecule has 2 rings (SSSR count). The van der Waals surface area contributed by atoms with Crippen LogP contribution in [-0.2, 0) is 4.74 Å². The van der Waals surface area contributed by atoms with Crippen LogP contribution in [0.1, 0.15) is 43.8 Å². The van der Waals surface area contributed by atoms with Crippen molar-refractivity contribution < 1.29 is 19.5 Å². The highest BCUT2D eigenvalue weighted by Gasteiger charge is 2.31. The molecule has 1 aromatic heterocycles. The topological polar surface area (TPSA) is 99.7 Å². The van der Waals surface area contributed by atoms with E-state index in [-0.39, 0.29) is 36.9 Å². The normalized spacial score (nSPS) is 21.8. The van der Waals surface area contributed by atoms with Crippen LogP contribution in [0, 0.1) is 17.0 Å². The van der Waals surface area contributed by atoms with Crippen LogP contribution < -0.4 is 4.74 Å². The van der Waals surface area contributed by atoms with Crippen molar-refractivity contribution in [1.82, 2.24) is 9.78 Å². The monoisotopic (exact) mass is 313 g/mol. The molecule has 1 aromatic rings. The number of hydrogen-bond acceptors (Lipinski definition) is 6. The van der Waals surface area contributed by atoms with Gasteiger partial charge < -0.3 is 14.6 Å². The average Bonchev–Trinajstić information content (AvgIpc) is 2.84. The highest BCUT2D eigenvalue weighted by molar-refractivity contribution is 5.45. The van der Waals surface area contributed by atoms with Gasteiger partial charge in [0.15, 0.2) is 0 Å². The lowest BCUT2D eigenvalue weighted by molar-refractivity contribution is -0.386. The zero-order valence-electron chi connectivity index (χ0n) is 13.0. The third kappa shape index (κ3) is 3.56. The highest BCUT2D eigenvalue weighted by Crippen LogP contribution is 2.36. The third-order valence-electron chi connectivity index (χ3n) is 4.13. The number of hydrogen-bond donors (Lipinski definition) is 1. The van der Waals surface area contributed by atoms with E-state index in [0.717, 1.165) is 25.7 Å². The van der Waals surface area contributed by atoms with E-state index < -0.39 is 4.92 Å². The molecule has 1 N–H and O–H groups in total. The number of ether oxygens (including phenoxy) is 2. The largest absolute Gasteiger partial charge is 0.472 e. The molecular formula is C14H23N3O5. The summed E-state index contributed by atoms with van der Waals surface area (Å²) in [7, 11) is 1.71. The molecule has 0 saturated heterocycles. The Morgan fingerprint density at radius 3 is 2.64 bits per heavy atom. The zero-order valence-corrected chi connectivity index (χ0v) is 13.0. The molecule has 1 aliphatic rings. The van der Waals surface area contributed by atoms with E-state index in [2.05, 4.69) is 5.10 Å². The van der Waals surface area contributed by atoms with Crippen LogP contribution in [0.2, 0.25) is 0 Å². The summed E-state index contributed by atoms with van der Waals surface area (Å²) in [5.74, 6) is 0.0461. The average molecular weight is 313 g/mol. The van der Waals surface area contributed by atoms with Crippen molar-refractivity contribution >= 4 is 5.69 Å². The van der Waals surface area contributed by atoms with Crippen molar-refractivity contribution in [2.45, 2.75) is 51.2 Å². The minimum absolute atomic E-state index is 0.0193. The van der Waals surface area contributed by atoms with Gasteiger partial charge in [-0.3, -0.25) is 14.8 Å². The molecule has 0 amide bonds. The number of nitro groups is 1. The molecule has 1 heterocycles. The molecule has 0 spiro atoms. The molecule has 0 aromatic carbocycles.